The van der Waals surface area contributed by atoms with Gasteiger partial charge >= 0.3 is 0 Å². The highest BCUT2D eigenvalue weighted by Crippen LogP contribution is 2.26. The smallest absolute Gasteiger partial charge is 0.144 e. The van der Waals surface area contributed by atoms with Crippen molar-refractivity contribution in [1.82, 2.24) is 4.98 Å². The number of rotatable bonds is 12. The third-order valence-corrected chi connectivity index (χ3v) is 6.10. The standard InChI is InChI=1S/C26H26ClNO4S/c1-31-22-10-5-19(6-11-22)4-2-3-17-32-25-15-9-21(28-24(25)14-16-26(29)30)18-33-23-12-7-20(27)8-13-23/h5-16H,2-4,17-18H2,1H3,(H,29,30)/p-1/b16-14+. The molecule has 0 radical (unpaired) electrons. The van der Waals surface area contributed by atoms with Crippen LogP contribution in [0, 0.1) is 0 Å². The summed E-state index contributed by atoms with van der Waals surface area (Å²) in [5, 5.41) is 11.6. The molecule has 0 spiro atoms. The number of hydrogen-bond acceptors (Lipinski definition) is 6. The van der Waals surface area contributed by atoms with E-state index in [-0.39, 0.29) is 0 Å². The first kappa shape index (κ1) is 24.7. The number of halogens is 1. The third-order valence-electron chi connectivity index (χ3n) is 4.80. The monoisotopic (exact) mass is 482 g/mol. The Morgan fingerprint density at radius 1 is 1.06 bits per heavy atom. The molecule has 0 unspecified atom stereocenters. The number of benzene rings is 2. The number of thioether (sulfide) groups is 1. The van der Waals surface area contributed by atoms with Gasteiger partial charge in [0.15, 0.2) is 0 Å². The number of hydrogen-bond donors (Lipinski definition) is 0. The summed E-state index contributed by atoms with van der Waals surface area (Å²) in [4.78, 5) is 16.5. The van der Waals surface area contributed by atoms with Gasteiger partial charge in [-0.25, -0.2) is 4.98 Å². The number of pyridine rings is 1. The Bertz CT molecular complexity index is 1070. The molecule has 3 aromatic rings. The lowest BCUT2D eigenvalue weighted by Crippen LogP contribution is -2.18. The summed E-state index contributed by atoms with van der Waals surface area (Å²) in [5.74, 6) is 0.762. The topological polar surface area (TPSA) is 71.5 Å². The molecule has 0 aliphatic rings. The summed E-state index contributed by atoms with van der Waals surface area (Å²) in [5.41, 5.74) is 2.54. The van der Waals surface area contributed by atoms with Crippen LogP contribution in [0.15, 0.2) is 71.6 Å². The maximum Gasteiger partial charge on any atom is 0.144 e. The van der Waals surface area contributed by atoms with Crippen LogP contribution in [0.25, 0.3) is 6.08 Å². The van der Waals surface area contributed by atoms with E-state index in [1.54, 1.807) is 18.9 Å². The molecule has 0 aliphatic heterocycles. The van der Waals surface area contributed by atoms with Gasteiger partial charge < -0.3 is 19.4 Å². The molecular formula is C26H25ClNO4S-. The van der Waals surface area contributed by atoms with Crippen molar-refractivity contribution in [2.45, 2.75) is 29.9 Å². The van der Waals surface area contributed by atoms with E-state index in [2.05, 4.69) is 17.1 Å². The summed E-state index contributed by atoms with van der Waals surface area (Å²) in [6.07, 6.45) is 5.17. The number of aliphatic carboxylic acids is 1. The summed E-state index contributed by atoms with van der Waals surface area (Å²) in [6, 6.07) is 19.4. The predicted molar refractivity (Wildman–Crippen MR) is 131 cm³/mol. The number of carboxylic acids is 1. The quantitative estimate of drug-likeness (QED) is 0.201. The van der Waals surface area contributed by atoms with Crippen molar-refractivity contribution < 1.29 is 19.4 Å². The molecule has 5 nitrogen and oxygen atoms in total. The second-order valence-corrected chi connectivity index (χ2v) is 8.72. The largest absolute Gasteiger partial charge is 0.545 e. The fourth-order valence-corrected chi connectivity index (χ4v) is 4.00. The van der Waals surface area contributed by atoms with Gasteiger partial charge in [0.25, 0.3) is 0 Å². The van der Waals surface area contributed by atoms with Crippen molar-refractivity contribution in [3.63, 3.8) is 0 Å². The van der Waals surface area contributed by atoms with Gasteiger partial charge in [0, 0.05) is 15.7 Å². The van der Waals surface area contributed by atoms with Gasteiger partial charge in [-0.15, -0.1) is 11.8 Å². The summed E-state index contributed by atoms with van der Waals surface area (Å²) in [6.45, 7) is 0.517. The van der Waals surface area contributed by atoms with Crippen LogP contribution in [0.4, 0.5) is 0 Å². The number of ether oxygens (including phenoxy) is 2. The molecule has 0 amide bonds. The third kappa shape index (κ3) is 8.48. The van der Waals surface area contributed by atoms with Gasteiger partial charge in [0.1, 0.15) is 17.2 Å². The highest BCUT2D eigenvalue weighted by molar-refractivity contribution is 7.98. The van der Waals surface area contributed by atoms with E-state index in [0.717, 1.165) is 41.7 Å². The van der Waals surface area contributed by atoms with Crippen molar-refractivity contribution in [2.24, 2.45) is 0 Å². The van der Waals surface area contributed by atoms with E-state index in [1.165, 1.54) is 11.6 Å². The van der Waals surface area contributed by atoms with E-state index >= 15 is 0 Å². The van der Waals surface area contributed by atoms with Crippen molar-refractivity contribution in [1.29, 1.82) is 0 Å². The molecule has 2 aromatic carbocycles. The molecule has 0 bridgehead atoms. The Balaban J connectivity index is 1.55. The number of methoxy groups -OCH3 is 1. The highest BCUT2D eigenvalue weighted by atomic mass is 35.5. The number of aromatic nitrogens is 1. The first-order valence-corrected chi connectivity index (χ1v) is 11.9. The maximum absolute atomic E-state index is 10.9. The Hall–Kier alpha value is -2.96. The van der Waals surface area contributed by atoms with Gasteiger partial charge in [-0.05, 0) is 85.5 Å². The Kier molecular flexibility index (Phi) is 9.66. The van der Waals surface area contributed by atoms with E-state index in [1.807, 2.05) is 48.5 Å². The lowest BCUT2D eigenvalue weighted by atomic mass is 10.1. The predicted octanol–water partition coefficient (Wildman–Crippen LogP) is 5.20. The maximum atomic E-state index is 10.9. The van der Waals surface area contributed by atoms with Crippen LogP contribution in [0.5, 0.6) is 11.5 Å². The van der Waals surface area contributed by atoms with Crippen molar-refractivity contribution in [3.8, 4) is 11.5 Å². The zero-order valence-electron chi connectivity index (χ0n) is 18.3. The second-order valence-electron chi connectivity index (χ2n) is 7.23. The molecule has 0 fully saturated rings. The van der Waals surface area contributed by atoms with Gasteiger partial charge in [-0.3, -0.25) is 0 Å². The Morgan fingerprint density at radius 2 is 1.82 bits per heavy atom. The first-order valence-electron chi connectivity index (χ1n) is 10.6. The number of carbonyl (C=O) groups excluding carboxylic acids is 1. The van der Waals surface area contributed by atoms with Crippen LogP contribution >= 0.6 is 23.4 Å². The number of aryl methyl sites for hydroxylation is 1. The van der Waals surface area contributed by atoms with Gasteiger partial charge in [0.2, 0.25) is 0 Å². The van der Waals surface area contributed by atoms with Gasteiger partial charge in [-0.1, -0.05) is 23.7 Å². The summed E-state index contributed by atoms with van der Waals surface area (Å²) in [7, 11) is 1.66. The average molecular weight is 483 g/mol. The van der Waals surface area contributed by atoms with Crippen molar-refractivity contribution >= 4 is 35.4 Å². The number of unbranched alkanes of at least 4 members (excludes halogenated alkanes) is 1. The molecule has 0 saturated heterocycles. The van der Waals surface area contributed by atoms with Crippen LogP contribution in [0.2, 0.25) is 5.02 Å². The molecule has 0 N–H and O–H groups in total. The van der Waals surface area contributed by atoms with Gasteiger partial charge in [-0.2, -0.15) is 0 Å². The fraction of sp³-hybridized carbons (Fsp3) is 0.231. The lowest BCUT2D eigenvalue weighted by molar-refractivity contribution is -0.297. The second kappa shape index (κ2) is 12.9. The number of carbonyl (C=O) groups is 1. The van der Waals surface area contributed by atoms with E-state index in [0.29, 0.717) is 28.8 Å². The number of nitrogens with zero attached hydrogens (tertiary/aromatic N) is 1. The SMILES string of the molecule is COc1ccc(CCCCOc2ccc(CSc3ccc(Cl)cc3)nc2/C=C/C(=O)[O-])cc1. The molecule has 7 heteroatoms. The minimum atomic E-state index is -1.27. The lowest BCUT2D eigenvalue weighted by Gasteiger charge is -2.11. The fourth-order valence-electron chi connectivity index (χ4n) is 3.07. The molecule has 3 rings (SSSR count). The average Bonchev–Trinajstić information content (AvgIpc) is 2.83. The zero-order valence-corrected chi connectivity index (χ0v) is 19.9. The van der Waals surface area contributed by atoms with Crippen LogP contribution in [-0.4, -0.2) is 24.7 Å². The minimum Gasteiger partial charge on any atom is -0.545 e. The molecule has 1 heterocycles. The van der Waals surface area contributed by atoms with Crippen LogP contribution in [-0.2, 0) is 17.0 Å². The summed E-state index contributed by atoms with van der Waals surface area (Å²) >= 11 is 7.55. The molecule has 33 heavy (non-hydrogen) atoms. The van der Waals surface area contributed by atoms with Gasteiger partial charge in [0.05, 0.1) is 25.4 Å². The molecule has 0 aliphatic carbocycles. The van der Waals surface area contributed by atoms with Crippen molar-refractivity contribution in [3.05, 3.63) is 88.7 Å². The molecule has 0 atom stereocenters. The number of carboxylic acid groups (broad SMARTS) is 1. The minimum absolute atomic E-state index is 0.476. The summed E-state index contributed by atoms with van der Waals surface area (Å²) < 4.78 is 11.1. The van der Waals surface area contributed by atoms with E-state index in [4.69, 9.17) is 21.1 Å². The van der Waals surface area contributed by atoms with E-state index < -0.39 is 5.97 Å². The molecule has 172 valence electrons. The Morgan fingerprint density at radius 3 is 2.52 bits per heavy atom. The molecule has 1 aromatic heterocycles. The first-order chi connectivity index (χ1) is 16.0. The van der Waals surface area contributed by atoms with Crippen LogP contribution in [0.3, 0.4) is 0 Å². The molecule has 0 saturated carbocycles. The zero-order chi connectivity index (χ0) is 23.5. The van der Waals surface area contributed by atoms with E-state index in [9.17, 15) is 9.90 Å². The molecular weight excluding hydrogens is 458 g/mol. The highest BCUT2D eigenvalue weighted by Gasteiger charge is 2.07. The van der Waals surface area contributed by atoms with Crippen LogP contribution < -0.4 is 14.6 Å². The normalized spacial score (nSPS) is 11.0. The van der Waals surface area contributed by atoms with Crippen LogP contribution in [0.1, 0.15) is 29.8 Å². The van der Waals surface area contributed by atoms with Crippen molar-refractivity contribution in [2.75, 3.05) is 13.7 Å². The Labute approximate surface area is 203 Å².